The van der Waals surface area contributed by atoms with E-state index in [9.17, 15) is 0 Å². The average Bonchev–Trinajstić information content (AvgIpc) is 2.91. The highest BCUT2D eigenvalue weighted by atomic mass is 79.9. The molecule has 0 fully saturated rings. The van der Waals surface area contributed by atoms with Gasteiger partial charge in [0.1, 0.15) is 0 Å². The quantitative estimate of drug-likeness (QED) is 0.0718. The number of nitrogens with one attached hydrogen (secondary N) is 1. The van der Waals surface area contributed by atoms with Crippen molar-refractivity contribution >= 4 is 0 Å². The third kappa shape index (κ3) is 34.5. The second-order valence-corrected chi connectivity index (χ2v) is 12.5. The van der Waals surface area contributed by atoms with Crippen LogP contribution in [0.15, 0.2) is 0 Å². The van der Waals surface area contributed by atoms with Crippen LogP contribution in [0.1, 0.15) is 213 Å². The molecule has 0 rings (SSSR count). The molecule has 0 bridgehead atoms. The highest BCUT2D eigenvalue weighted by molar-refractivity contribution is 4.51. The minimum Gasteiger partial charge on any atom is -1.00 e. The van der Waals surface area contributed by atoms with Crippen LogP contribution in [0.5, 0.6) is 0 Å². The Hall–Kier alpha value is 0.440. The maximum absolute atomic E-state index is 2.32. The van der Waals surface area contributed by atoms with Crippen molar-refractivity contribution in [2.24, 2.45) is 0 Å². The Bertz CT molecular complexity index is 328. The largest absolute Gasteiger partial charge is 1.00 e. The Kier molecular flexibility index (Phi) is 40.0. The van der Waals surface area contributed by atoms with Gasteiger partial charge in [-0.2, -0.15) is 0 Å². The van der Waals surface area contributed by atoms with E-state index in [1.54, 1.807) is 0 Å². The van der Waals surface area contributed by atoms with E-state index in [1.807, 2.05) is 4.90 Å². The fraction of sp³-hybridized carbons (Fsp3) is 1.00. The Labute approximate surface area is 254 Å². The van der Waals surface area contributed by atoms with Gasteiger partial charge in [0.25, 0.3) is 0 Å². The molecule has 0 heterocycles. The summed E-state index contributed by atoms with van der Waals surface area (Å²) in [6.45, 7) is 11.3. The normalized spacial score (nSPS) is 11.4. The lowest BCUT2D eigenvalue weighted by atomic mass is 10.1. The van der Waals surface area contributed by atoms with Crippen LogP contribution in [0.4, 0.5) is 0 Å². The zero-order valence-electron chi connectivity index (χ0n) is 27.2. The summed E-state index contributed by atoms with van der Waals surface area (Å²) < 4.78 is 0. The molecule has 0 aromatic carbocycles. The Morgan fingerprint density at radius 1 is 0.237 bits per heavy atom. The van der Waals surface area contributed by atoms with E-state index in [-0.39, 0.29) is 17.0 Å². The van der Waals surface area contributed by atoms with Gasteiger partial charge in [0.05, 0.1) is 19.6 Å². The highest BCUT2D eigenvalue weighted by Gasteiger charge is 2.08. The molecule has 1 N–H and O–H groups in total. The van der Waals surface area contributed by atoms with Crippen LogP contribution in [0.2, 0.25) is 0 Å². The number of quaternary nitrogens is 1. The van der Waals surface area contributed by atoms with E-state index in [0.717, 1.165) is 0 Å². The van der Waals surface area contributed by atoms with Crippen molar-refractivity contribution in [1.29, 1.82) is 0 Å². The van der Waals surface area contributed by atoms with Gasteiger partial charge in [-0.25, -0.2) is 0 Å². The monoisotopic (exact) mass is 602 g/mol. The first kappa shape index (κ1) is 40.6. The third-order valence-corrected chi connectivity index (χ3v) is 8.65. The topological polar surface area (TPSA) is 4.44 Å². The molecule has 0 atom stereocenters. The minimum atomic E-state index is 0. The highest BCUT2D eigenvalue weighted by Crippen LogP contribution is 2.12. The standard InChI is InChI=1S/C36H75N.BrH/c1-4-7-10-13-16-19-22-25-28-31-34-37(35-32-29-26-23-20-17-14-11-8-5-2)36-33-30-27-24-21-18-15-12-9-6-3;/h4-36H2,1-3H3;1H. The van der Waals surface area contributed by atoms with Crippen molar-refractivity contribution in [1.82, 2.24) is 0 Å². The maximum atomic E-state index is 2.32. The molecule has 0 radical (unpaired) electrons. The van der Waals surface area contributed by atoms with E-state index < -0.39 is 0 Å². The van der Waals surface area contributed by atoms with Crippen LogP contribution in [0, 0.1) is 0 Å². The summed E-state index contributed by atoms with van der Waals surface area (Å²) in [7, 11) is 0. The number of rotatable bonds is 33. The summed E-state index contributed by atoms with van der Waals surface area (Å²) in [5, 5.41) is 0. The van der Waals surface area contributed by atoms with Gasteiger partial charge in [-0.15, -0.1) is 0 Å². The first-order valence-corrected chi connectivity index (χ1v) is 18.2. The van der Waals surface area contributed by atoms with Crippen molar-refractivity contribution in [2.45, 2.75) is 213 Å². The molecule has 0 aliphatic heterocycles. The second kappa shape index (κ2) is 37.4. The van der Waals surface area contributed by atoms with E-state index >= 15 is 0 Å². The van der Waals surface area contributed by atoms with Gasteiger partial charge in [-0.3, -0.25) is 0 Å². The van der Waals surface area contributed by atoms with Gasteiger partial charge in [-0.05, 0) is 38.5 Å². The van der Waals surface area contributed by atoms with Crippen molar-refractivity contribution in [3.05, 3.63) is 0 Å². The van der Waals surface area contributed by atoms with Crippen LogP contribution in [-0.2, 0) is 0 Å². The molecule has 0 aliphatic rings. The van der Waals surface area contributed by atoms with Gasteiger partial charge in [0.15, 0.2) is 0 Å². The van der Waals surface area contributed by atoms with Crippen LogP contribution in [-0.4, -0.2) is 19.6 Å². The molecule has 0 saturated carbocycles. The molecular formula is C36H76BrN. The van der Waals surface area contributed by atoms with E-state index in [2.05, 4.69) is 20.8 Å². The van der Waals surface area contributed by atoms with Crippen molar-refractivity contribution in [2.75, 3.05) is 19.6 Å². The molecule has 232 valence electrons. The molecule has 0 unspecified atom stereocenters. The Morgan fingerprint density at radius 2 is 0.395 bits per heavy atom. The van der Waals surface area contributed by atoms with Crippen molar-refractivity contribution in [3.8, 4) is 0 Å². The van der Waals surface area contributed by atoms with Gasteiger partial charge in [0.2, 0.25) is 0 Å². The molecule has 2 heteroatoms. The predicted molar refractivity (Wildman–Crippen MR) is 171 cm³/mol. The summed E-state index contributed by atoms with van der Waals surface area (Å²) in [6, 6.07) is 0. The smallest absolute Gasteiger partial charge is 0.0770 e. The number of hydrogen-bond donors (Lipinski definition) is 1. The molecule has 0 saturated heterocycles. The zero-order chi connectivity index (χ0) is 26.9. The van der Waals surface area contributed by atoms with Crippen LogP contribution in [0.3, 0.4) is 0 Å². The van der Waals surface area contributed by atoms with E-state index in [0.29, 0.717) is 0 Å². The SMILES string of the molecule is CCCCCCCCCCCC[NH+](CCCCCCCCCCCC)CCCCCCCCCCCC.[Br-]. The Morgan fingerprint density at radius 3 is 0.579 bits per heavy atom. The maximum Gasteiger partial charge on any atom is 0.0770 e. The number of unbranched alkanes of at least 4 members (excludes halogenated alkanes) is 27. The molecule has 0 amide bonds. The first-order valence-electron chi connectivity index (χ1n) is 18.2. The summed E-state index contributed by atoms with van der Waals surface area (Å²) in [6.07, 6.45) is 43.9. The average molecular weight is 603 g/mol. The molecule has 1 nitrogen and oxygen atoms in total. The lowest BCUT2D eigenvalue weighted by Gasteiger charge is -2.20. The summed E-state index contributed by atoms with van der Waals surface area (Å²) in [4.78, 5) is 1.94. The summed E-state index contributed by atoms with van der Waals surface area (Å²) in [5.41, 5.74) is 0. The molecule has 0 spiro atoms. The molecule has 0 aromatic rings. The number of halogens is 1. The fourth-order valence-electron chi connectivity index (χ4n) is 5.96. The molecular weight excluding hydrogens is 526 g/mol. The van der Waals surface area contributed by atoms with Crippen molar-refractivity contribution in [3.63, 3.8) is 0 Å². The number of hydrogen-bond acceptors (Lipinski definition) is 0. The lowest BCUT2D eigenvalue weighted by Crippen LogP contribution is -3.12. The second-order valence-electron chi connectivity index (χ2n) is 12.5. The molecule has 0 aliphatic carbocycles. The fourth-order valence-corrected chi connectivity index (χ4v) is 5.96. The van der Waals surface area contributed by atoms with Gasteiger partial charge in [-0.1, -0.05) is 175 Å². The van der Waals surface area contributed by atoms with Crippen LogP contribution < -0.4 is 21.9 Å². The van der Waals surface area contributed by atoms with Crippen LogP contribution >= 0.6 is 0 Å². The predicted octanol–water partition coefficient (Wildman–Crippen LogP) is 8.64. The van der Waals surface area contributed by atoms with Crippen LogP contribution in [0.25, 0.3) is 0 Å². The van der Waals surface area contributed by atoms with Gasteiger partial charge < -0.3 is 21.9 Å². The van der Waals surface area contributed by atoms with Crippen molar-refractivity contribution < 1.29 is 21.9 Å². The molecule has 0 aromatic heterocycles. The van der Waals surface area contributed by atoms with E-state index in [1.165, 1.54) is 212 Å². The molecule has 38 heavy (non-hydrogen) atoms. The zero-order valence-corrected chi connectivity index (χ0v) is 28.8. The van der Waals surface area contributed by atoms with Gasteiger partial charge >= 0.3 is 0 Å². The first-order chi connectivity index (χ1) is 18.3. The Balaban J connectivity index is 0. The van der Waals surface area contributed by atoms with E-state index in [4.69, 9.17) is 0 Å². The minimum absolute atomic E-state index is 0. The van der Waals surface area contributed by atoms with Gasteiger partial charge in [0, 0.05) is 0 Å². The summed E-state index contributed by atoms with van der Waals surface area (Å²) >= 11 is 0. The third-order valence-electron chi connectivity index (χ3n) is 8.65. The lowest BCUT2D eigenvalue weighted by molar-refractivity contribution is -0.900. The summed E-state index contributed by atoms with van der Waals surface area (Å²) in [5.74, 6) is 0.